The van der Waals surface area contributed by atoms with E-state index in [0.717, 1.165) is 11.1 Å². The Morgan fingerprint density at radius 3 is 2.45 bits per heavy atom. The number of hydrogen-bond acceptors (Lipinski definition) is 4. The molecule has 0 spiro atoms. The Morgan fingerprint density at radius 2 is 1.81 bits per heavy atom. The number of urea groups is 1. The third kappa shape index (κ3) is 3.69. The first kappa shape index (κ1) is 21.4. The normalized spacial score (nSPS) is 18.1. The smallest absolute Gasteiger partial charge is 0.321 e. The first-order chi connectivity index (χ1) is 14.7. The number of sulfone groups is 1. The molecule has 1 aliphatic heterocycles. The van der Waals surface area contributed by atoms with Crippen molar-refractivity contribution in [3.8, 4) is 0 Å². The number of amides is 3. The van der Waals surface area contributed by atoms with Crippen LogP contribution in [-0.2, 0) is 14.6 Å². The van der Waals surface area contributed by atoms with E-state index in [2.05, 4.69) is 10.6 Å². The topological polar surface area (TPSA) is 95.6 Å². The van der Waals surface area contributed by atoms with Gasteiger partial charge in [0, 0.05) is 24.5 Å². The molecule has 1 aliphatic carbocycles. The van der Waals surface area contributed by atoms with Crippen molar-refractivity contribution in [3.05, 3.63) is 53.6 Å². The highest BCUT2D eigenvalue weighted by Crippen LogP contribution is 2.42. The molecule has 0 unspecified atom stereocenters. The Bertz CT molecular complexity index is 1140. The van der Waals surface area contributed by atoms with Crippen LogP contribution < -0.4 is 15.5 Å². The lowest BCUT2D eigenvalue weighted by Gasteiger charge is -2.28. The summed E-state index contributed by atoms with van der Waals surface area (Å²) >= 11 is 0. The van der Waals surface area contributed by atoms with Crippen LogP contribution in [0.5, 0.6) is 0 Å². The van der Waals surface area contributed by atoms with Crippen molar-refractivity contribution in [3.63, 3.8) is 0 Å². The molecule has 4 rings (SSSR count). The van der Waals surface area contributed by atoms with Gasteiger partial charge in [-0.15, -0.1) is 0 Å². The zero-order valence-corrected chi connectivity index (χ0v) is 18.6. The second kappa shape index (κ2) is 8.00. The third-order valence-corrected chi connectivity index (χ3v) is 8.90. The number of aryl methyl sites for hydroxylation is 2. The second-order valence-corrected chi connectivity index (χ2v) is 10.6. The zero-order valence-electron chi connectivity index (χ0n) is 17.8. The van der Waals surface area contributed by atoms with Gasteiger partial charge < -0.3 is 10.6 Å². The van der Waals surface area contributed by atoms with Crippen LogP contribution in [-0.4, -0.2) is 38.2 Å². The molecule has 164 valence electrons. The maximum Gasteiger partial charge on any atom is 0.321 e. The van der Waals surface area contributed by atoms with Gasteiger partial charge in [0.25, 0.3) is 0 Å². The lowest BCUT2D eigenvalue weighted by molar-refractivity contribution is -0.118. The Kier molecular flexibility index (Phi) is 5.51. The van der Waals surface area contributed by atoms with Crippen molar-refractivity contribution in [2.75, 3.05) is 23.3 Å². The SMILES string of the molecule is Cc1ccc(S(=O)(=O)C2(C(=O)Nc3cccc(N4CCNC4=O)c3)CCCC2)cc1C. The summed E-state index contributed by atoms with van der Waals surface area (Å²) < 4.78 is 25.8. The highest BCUT2D eigenvalue weighted by Gasteiger charge is 2.53. The van der Waals surface area contributed by atoms with Crippen molar-refractivity contribution in [2.24, 2.45) is 0 Å². The van der Waals surface area contributed by atoms with Crippen LogP contribution in [0.2, 0.25) is 0 Å². The van der Waals surface area contributed by atoms with E-state index >= 15 is 0 Å². The predicted octanol–water partition coefficient (Wildman–Crippen LogP) is 3.56. The summed E-state index contributed by atoms with van der Waals surface area (Å²) in [7, 11) is -3.88. The lowest BCUT2D eigenvalue weighted by atomic mass is 10.1. The zero-order chi connectivity index (χ0) is 22.2. The Morgan fingerprint density at radius 1 is 1.06 bits per heavy atom. The summed E-state index contributed by atoms with van der Waals surface area (Å²) in [6.45, 7) is 4.90. The highest BCUT2D eigenvalue weighted by atomic mass is 32.2. The molecule has 0 atom stereocenters. The van der Waals surface area contributed by atoms with Crippen molar-refractivity contribution in [1.29, 1.82) is 0 Å². The van der Waals surface area contributed by atoms with Gasteiger partial charge in [0.15, 0.2) is 14.6 Å². The standard InChI is InChI=1S/C23H27N3O4S/c1-16-8-9-20(14-17(16)2)31(29,30)23(10-3-4-11-23)21(27)25-18-6-5-7-19(15-18)26-13-12-24-22(26)28/h5-9,14-15H,3-4,10-13H2,1-2H3,(H,24,28)(H,25,27). The molecule has 2 aromatic rings. The second-order valence-electron chi connectivity index (χ2n) is 8.34. The molecule has 0 bridgehead atoms. The Labute approximate surface area is 182 Å². The van der Waals surface area contributed by atoms with Crippen LogP contribution in [0.15, 0.2) is 47.4 Å². The monoisotopic (exact) mass is 441 g/mol. The first-order valence-corrected chi connectivity index (χ1v) is 12.0. The molecule has 3 amide bonds. The van der Waals surface area contributed by atoms with E-state index in [4.69, 9.17) is 0 Å². The van der Waals surface area contributed by atoms with Gasteiger partial charge in [-0.3, -0.25) is 9.69 Å². The van der Waals surface area contributed by atoms with Crippen LogP contribution >= 0.6 is 0 Å². The minimum atomic E-state index is -3.88. The fourth-order valence-electron chi connectivity index (χ4n) is 4.39. The summed E-state index contributed by atoms with van der Waals surface area (Å²) in [6, 6.07) is 11.8. The Balaban J connectivity index is 1.65. The summed E-state index contributed by atoms with van der Waals surface area (Å²) in [5.41, 5.74) is 3.02. The van der Waals surface area contributed by atoms with Crippen molar-refractivity contribution in [1.82, 2.24) is 5.32 Å². The number of anilines is 2. The molecule has 31 heavy (non-hydrogen) atoms. The molecular weight excluding hydrogens is 414 g/mol. The summed E-state index contributed by atoms with van der Waals surface area (Å²) in [6.07, 6.45) is 1.96. The van der Waals surface area contributed by atoms with Crippen molar-refractivity contribution in [2.45, 2.75) is 49.2 Å². The van der Waals surface area contributed by atoms with Gasteiger partial charge in [-0.05, 0) is 68.1 Å². The fourth-order valence-corrected chi connectivity index (χ4v) is 6.54. The van der Waals surface area contributed by atoms with Crippen LogP contribution in [0, 0.1) is 13.8 Å². The molecule has 8 heteroatoms. The first-order valence-electron chi connectivity index (χ1n) is 10.5. The molecule has 1 saturated heterocycles. The quantitative estimate of drug-likeness (QED) is 0.742. The summed E-state index contributed by atoms with van der Waals surface area (Å²) in [4.78, 5) is 27.2. The predicted molar refractivity (Wildman–Crippen MR) is 120 cm³/mol. The summed E-state index contributed by atoms with van der Waals surface area (Å²) in [5, 5.41) is 5.57. The molecule has 2 aliphatic rings. The van der Waals surface area contributed by atoms with Crippen LogP contribution in [0.1, 0.15) is 36.8 Å². The number of rotatable bonds is 5. The van der Waals surface area contributed by atoms with E-state index < -0.39 is 20.5 Å². The van der Waals surface area contributed by atoms with Gasteiger partial charge >= 0.3 is 6.03 Å². The number of nitrogens with zero attached hydrogens (tertiary/aromatic N) is 1. The largest absolute Gasteiger partial charge is 0.336 e. The van der Waals surface area contributed by atoms with Crippen molar-refractivity contribution < 1.29 is 18.0 Å². The lowest BCUT2D eigenvalue weighted by Crippen LogP contribution is -2.47. The van der Waals surface area contributed by atoms with E-state index in [1.54, 1.807) is 47.4 Å². The molecule has 2 aromatic carbocycles. The van der Waals surface area contributed by atoms with Crippen LogP contribution in [0.25, 0.3) is 0 Å². The molecule has 1 saturated carbocycles. The van der Waals surface area contributed by atoms with Gasteiger partial charge in [0.2, 0.25) is 5.91 Å². The van der Waals surface area contributed by atoms with E-state index in [1.807, 2.05) is 13.8 Å². The minimum absolute atomic E-state index is 0.187. The number of carbonyl (C=O) groups excluding carboxylic acids is 2. The number of benzene rings is 2. The van der Waals surface area contributed by atoms with E-state index in [-0.39, 0.29) is 10.9 Å². The maximum atomic E-state index is 13.6. The fraction of sp³-hybridized carbons (Fsp3) is 0.391. The average Bonchev–Trinajstić information content (AvgIpc) is 3.40. The van der Waals surface area contributed by atoms with E-state index in [0.29, 0.717) is 50.1 Å². The molecule has 7 nitrogen and oxygen atoms in total. The van der Waals surface area contributed by atoms with Crippen LogP contribution in [0.4, 0.5) is 16.2 Å². The number of hydrogen-bond donors (Lipinski definition) is 2. The van der Waals surface area contributed by atoms with Gasteiger partial charge in [-0.2, -0.15) is 0 Å². The van der Waals surface area contributed by atoms with Gasteiger partial charge in [-0.1, -0.05) is 25.0 Å². The number of carbonyl (C=O) groups is 2. The van der Waals surface area contributed by atoms with Gasteiger partial charge in [0.1, 0.15) is 0 Å². The van der Waals surface area contributed by atoms with E-state index in [9.17, 15) is 18.0 Å². The number of nitrogens with one attached hydrogen (secondary N) is 2. The molecule has 0 aromatic heterocycles. The maximum absolute atomic E-state index is 13.6. The molecule has 2 fully saturated rings. The van der Waals surface area contributed by atoms with Crippen LogP contribution in [0.3, 0.4) is 0 Å². The molecular formula is C23H27N3O4S. The Hall–Kier alpha value is -2.87. The average molecular weight is 442 g/mol. The van der Waals surface area contributed by atoms with Crippen molar-refractivity contribution >= 4 is 33.2 Å². The highest BCUT2D eigenvalue weighted by molar-refractivity contribution is 7.93. The molecule has 2 N–H and O–H groups in total. The third-order valence-electron chi connectivity index (χ3n) is 6.40. The van der Waals surface area contributed by atoms with Gasteiger partial charge in [0.05, 0.1) is 4.90 Å². The molecule has 1 heterocycles. The minimum Gasteiger partial charge on any atom is -0.336 e. The molecule has 0 radical (unpaired) electrons. The van der Waals surface area contributed by atoms with Gasteiger partial charge in [-0.25, -0.2) is 13.2 Å². The summed E-state index contributed by atoms with van der Waals surface area (Å²) in [5.74, 6) is -0.508. The van der Waals surface area contributed by atoms with E-state index in [1.165, 1.54) is 0 Å².